The number of benzene rings is 2. The molecule has 0 spiro atoms. The van der Waals surface area contributed by atoms with E-state index in [1.807, 2.05) is 6.92 Å². The number of hydrogen-bond acceptors (Lipinski definition) is 3. The lowest BCUT2D eigenvalue weighted by atomic mass is 10.1. The van der Waals surface area contributed by atoms with E-state index in [-0.39, 0.29) is 11.7 Å². The molecule has 116 valence electrons. The topological polar surface area (TPSA) is 42.0 Å². The van der Waals surface area contributed by atoms with Crippen molar-refractivity contribution in [2.75, 3.05) is 5.32 Å². The van der Waals surface area contributed by atoms with Crippen LogP contribution in [0.2, 0.25) is 5.02 Å². The first-order valence-electron chi connectivity index (χ1n) is 6.83. The molecule has 6 heteroatoms. The van der Waals surface area contributed by atoms with Gasteiger partial charge in [0.1, 0.15) is 5.82 Å². The van der Waals surface area contributed by atoms with Crippen molar-refractivity contribution in [1.82, 2.24) is 4.98 Å². The number of anilines is 1. The Labute approximate surface area is 141 Å². The van der Waals surface area contributed by atoms with E-state index in [1.54, 1.807) is 36.4 Å². The minimum Gasteiger partial charge on any atom is -0.298 e. The average Bonchev–Trinajstić information content (AvgIpc) is 2.88. The van der Waals surface area contributed by atoms with Gasteiger partial charge in [0.05, 0.1) is 5.69 Å². The van der Waals surface area contributed by atoms with Crippen LogP contribution in [0.5, 0.6) is 0 Å². The Morgan fingerprint density at radius 2 is 1.96 bits per heavy atom. The highest BCUT2D eigenvalue weighted by Crippen LogP contribution is 2.30. The molecule has 0 aliphatic carbocycles. The van der Waals surface area contributed by atoms with Crippen LogP contribution in [0, 0.1) is 12.7 Å². The lowest BCUT2D eigenvalue weighted by Crippen LogP contribution is -2.11. The summed E-state index contributed by atoms with van der Waals surface area (Å²) in [7, 11) is 0. The molecular formula is C17H12ClFN2OS. The van der Waals surface area contributed by atoms with Crippen LogP contribution in [0.3, 0.4) is 0 Å². The molecule has 1 heterocycles. The third-order valence-corrected chi connectivity index (χ3v) is 4.34. The SMILES string of the molecule is Cc1sc(NC(=O)c2cccc(Cl)c2)nc1-c1ccc(F)cc1. The maximum absolute atomic E-state index is 13.0. The first kappa shape index (κ1) is 15.6. The lowest BCUT2D eigenvalue weighted by Gasteiger charge is -2.02. The predicted molar refractivity (Wildman–Crippen MR) is 91.7 cm³/mol. The van der Waals surface area contributed by atoms with Crippen molar-refractivity contribution in [3.8, 4) is 11.3 Å². The molecular weight excluding hydrogens is 335 g/mol. The molecule has 1 aromatic heterocycles. The molecule has 23 heavy (non-hydrogen) atoms. The average molecular weight is 347 g/mol. The summed E-state index contributed by atoms with van der Waals surface area (Å²) in [5.41, 5.74) is 2.01. The third kappa shape index (κ3) is 3.57. The van der Waals surface area contributed by atoms with Crippen LogP contribution in [-0.4, -0.2) is 10.9 Å². The maximum atomic E-state index is 13.0. The second-order valence-electron chi connectivity index (χ2n) is 4.90. The monoisotopic (exact) mass is 346 g/mol. The predicted octanol–water partition coefficient (Wildman–Crippen LogP) is 5.16. The molecule has 2 aromatic carbocycles. The molecule has 3 aromatic rings. The molecule has 0 radical (unpaired) electrons. The van der Waals surface area contributed by atoms with Gasteiger partial charge in [-0.25, -0.2) is 9.37 Å². The van der Waals surface area contributed by atoms with Crippen LogP contribution in [0.1, 0.15) is 15.2 Å². The number of amides is 1. The van der Waals surface area contributed by atoms with Crippen molar-refractivity contribution < 1.29 is 9.18 Å². The number of carbonyl (C=O) groups excluding carboxylic acids is 1. The first-order valence-corrected chi connectivity index (χ1v) is 8.02. The second kappa shape index (κ2) is 6.48. The molecule has 0 aliphatic rings. The zero-order valence-electron chi connectivity index (χ0n) is 12.1. The normalized spacial score (nSPS) is 10.6. The van der Waals surface area contributed by atoms with Gasteiger partial charge in [0.25, 0.3) is 5.91 Å². The van der Waals surface area contributed by atoms with Gasteiger partial charge in [0, 0.05) is 21.0 Å². The molecule has 0 saturated heterocycles. The van der Waals surface area contributed by atoms with Gasteiger partial charge in [-0.2, -0.15) is 0 Å². The fourth-order valence-corrected chi connectivity index (χ4v) is 3.15. The smallest absolute Gasteiger partial charge is 0.257 e. The number of nitrogens with zero attached hydrogens (tertiary/aromatic N) is 1. The van der Waals surface area contributed by atoms with Gasteiger partial charge in [-0.3, -0.25) is 10.1 Å². The lowest BCUT2D eigenvalue weighted by molar-refractivity contribution is 0.102. The van der Waals surface area contributed by atoms with E-state index in [2.05, 4.69) is 10.3 Å². The Kier molecular flexibility index (Phi) is 4.41. The van der Waals surface area contributed by atoms with E-state index >= 15 is 0 Å². The largest absolute Gasteiger partial charge is 0.298 e. The fourth-order valence-electron chi connectivity index (χ4n) is 2.12. The number of aromatic nitrogens is 1. The van der Waals surface area contributed by atoms with Gasteiger partial charge in [-0.05, 0) is 49.4 Å². The Morgan fingerprint density at radius 3 is 2.65 bits per heavy atom. The summed E-state index contributed by atoms with van der Waals surface area (Å²) in [5.74, 6) is -0.567. The summed E-state index contributed by atoms with van der Waals surface area (Å²) in [4.78, 5) is 17.6. The highest BCUT2D eigenvalue weighted by molar-refractivity contribution is 7.16. The molecule has 0 bridgehead atoms. The van der Waals surface area contributed by atoms with Crippen molar-refractivity contribution >= 4 is 34.0 Å². The number of aryl methyl sites for hydroxylation is 1. The van der Waals surface area contributed by atoms with Crippen molar-refractivity contribution in [3.05, 3.63) is 69.8 Å². The molecule has 0 atom stereocenters. The Bertz CT molecular complexity index is 861. The van der Waals surface area contributed by atoms with Crippen molar-refractivity contribution in [2.24, 2.45) is 0 Å². The van der Waals surface area contributed by atoms with Crippen LogP contribution in [-0.2, 0) is 0 Å². The minimum atomic E-state index is -0.295. The van der Waals surface area contributed by atoms with Gasteiger partial charge in [-0.15, -0.1) is 11.3 Å². The number of nitrogens with one attached hydrogen (secondary N) is 1. The highest BCUT2D eigenvalue weighted by Gasteiger charge is 2.13. The summed E-state index contributed by atoms with van der Waals surface area (Å²) in [5, 5.41) is 3.76. The molecule has 3 rings (SSSR count). The van der Waals surface area contributed by atoms with Crippen LogP contribution in [0.25, 0.3) is 11.3 Å². The molecule has 0 aliphatic heterocycles. The number of thiazole rings is 1. The molecule has 3 nitrogen and oxygen atoms in total. The van der Waals surface area contributed by atoms with Crippen LogP contribution in [0.15, 0.2) is 48.5 Å². The number of carbonyl (C=O) groups is 1. The fraction of sp³-hybridized carbons (Fsp3) is 0.0588. The van der Waals surface area contributed by atoms with E-state index < -0.39 is 0 Å². The van der Waals surface area contributed by atoms with Crippen LogP contribution < -0.4 is 5.32 Å². The second-order valence-corrected chi connectivity index (χ2v) is 6.53. The van der Waals surface area contributed by atoms with Crippen molar-refractivity contribution in [1.29, 1.82) is 0 Å². The minimum absolute atomic E-state index is 0.271. The van der Waals surface area contributed by atoms with E-state index in [9.17, 15) is 9.18 Å². The summed E-state index contributed by atoms with van der Waals surface area (Å²) < 4.78 is 13.0. The van der Waals surface area contributed by atoms with E-state index in [0.717, 1.165) is 16.1 Å². The maximum Gasteiger partial charge on any atom is 0.257 e. The zero-order chi connectivity index (χ0) is 16.4. The van der Waals surface area contributed by atoms with Crippen molar-refractivity contribution in [2.45, 2.75) is 6.92 Å². The van der Waals surface area contributed by atoms with Gasteiger partial charge < -0.3 is 0 Å². The van der Waals surface area contributed by atoms with E-state index in [4.69, 9.17) is 11.6 Å². The van der Waals surface area contributed by atoms with Gasteiger partial charge in [-0.1, -0.05) is 17.7 Å². The van der Waals surface area contributed by atoms with Crippen LogP contribution >= 0.6 is 22.9 Å². The van der Waals surface area contributed by atoms with Crippen LogP contribution in [0.4, 0.5) is 9.52 Å². The van der Waals surface area contributed by atoms with Gasteiger partial charge in [0.15, 0.2) is 5.13 Å². The summed E-state index contributed by atoms with van der Waals surface area (Å²) in [6.07, 6.45) is 0. The molecule has 1 amide bonds. The quantitative estimate of drug-likeness (QED) is 0.711. The Morgan fingerprint density at radius 1 is 1.22 bits per heavy atom. The molecule has 0 fully saturated rings. The Hall–Kier alpha value is -2.24. The summed E-state index contributed by atoms with van der Waals surface area (Å²) >= 11 is 7.26. The standard InChI is InChI=1S/C17H12ClFN2OS/c1-10-15(11-5-7-14(19)8-6-11)20-17(23-10)21-16(22)12-3-2-4-13(18)9-12/h2-9H,1H3,(H,20,21,22). The van der Waals surface area contributed by atoms with E-state index in [0.29, 0.717) is 15.7 Å². The zero-order valence-corrected chi connectivity index (χ0v) is 13.7. The number of rotatable bonds is 3. The molecule has 1 N–H and O–H groups in total. The van der Waals surface area contributed by atoms with Crippen molar-refractivity contribution in [3.63, 3.8) is 0 Å². The third-order valence-electron chi connectivity index (χ3n) is 3.22. The number of halogens is 2. The molecule has 0 unspecified atom stereocenters. The number of hydrogen-bond donors (Lipinski definition) is 1. The van der Waals surface area contributed by atoms with Gasteiger partial charge in [0.2, 0.25) is 0 Å². The summed E-state index contributed by atoms with van der Waals surface area (Å²) in [6, 6.07) is 12.8. The first-order chi connectivity index (χ1) is 11.0. The van der Waals surface area contributed by atoms with Gasteiger partial charge >= 0.3 is 0 Å². The summed E-state index contributed by atoms with van der Waals surface area (Å²) in [6.45, 7) is 1.91. The highest BCUT2D eigenvalue weighted by atomic mass is 35.5. The molecule has 0 saturated carbocycles. The Balaban J connectivity index is 1.83. The van der Waals surface area contributed by atoms with E-state index in [1.165, 1.54) is 23.5 Å².